The number of nitrogens with zero attached hydrogens (tertiary/aromatic N) is 2. The molecule has 0 saturated carbocycles. The van der Waals surface area contributed by atoms with Crippen LogP contribution in [0.1, 0.15) is 11.1 Å². The maximum absolute atomic E-state index is 13.0. The lowest BCUT2D eigenvalue weighted by atomic mass is 10.1. The molecule has 0 fully saturated rings. The van der Waals surface area contributed by atoms with E-state index < -0.39 is 5.91 Å². The molecule has 6 heteroatoms. The smallest absolute Gasteiger partial charge is 0.273 e. The van der Waals surface area contributed by atoms with Crippen LogP contribution >= 0.6 is 11.3 Å². The molecule has 0 radical (unpaired) electrons. The molecule has 26 heavy (non-hydrogen) atoms. The molecule has 1 heterocycles. The van der Waals surface area contributed by atoms with Crippen LogP contribution in [0.3, 0.4) is 0 Å². The molecule has 1 amide bonds. The number of aromatic nitrogens is 1. The quantitative estimate of drug-likeness (QED) is 0.760. The van der Waals surface area contributed by atoms with Crippen molar-refractivity contribution in [3.05, 3.63) is 85.3 Å². The first-order valence-corrected chi connectivity index (χ1v) is 8.63. The Labute approximate surface area is 153 Å². The third kappa shape index (κ3) is 3.34. The van der Waals surface area contributed by atoms with E-state index in [1.807, 2.05) is 43.3 Å². The van der Waals surface area contributed by atoms with E-state index in [4.69, 9.17) is 5.73 Å². The Morgan fingerprint density at radius 1 is 1.15 bits per heavy atom. The summed E-state index contributed by atoms with van der Waals surface area (Å²) in [5.41, 5.74) is 7.35. The maximum Gasteiger partial charge on any atom is 0.273 e. The molecular formula is C20H15N3O2S. The van der Waals surface area contributed by atoms with Crippen LogP contribution in [-0.4, -0.2) is 10.5 Å². The Kier molecular flexibility index (Phi) is 4.83. The van der Waals surface area contributed by atoms with E-state index in [-0.39, 0.29) is 15.8 Å². The Balaban J connectivity index is 2.39. The Morgan fingerprint density at radius 3 is 2.38 bits per heavy atom. The van der Waals surface area contributed by atoms with Crippen molar-refractivity contribution in [3.63, 3.8) is 0 Å². The molecule has 0 atom stereocenters. The molecule has 3 rings (SSSR count). The van der Waals surface area contributed by atoms with Crippen LogP contribution in [0.2, 0.25) is 0 Å². The van der Waals surface area contributed by atoms with Gasteiger partial charge in [-0.3, -0.25) is 14.2 Å². The SMILES string of the molecule is Cc1ccc(/C=c2/s/c(=C(/C#N)C(N)=O)n(-c3ccccc3)c2=O)cc1. The van der Waals surface area contributed by atoms with Crippen molar-refractivity contribution in [1.29, 1.82) is 5.26 Å². The molecule has 0 bridgehead atoms. The first-order valence-electron chi connectivity index (χ1n) is 7.81. The molecular weight excluding hydrogens is 346 g/mol. The van der Waals surface area contributed by atoms with Crippen LogP contribution in [0, 0.1) is 18.3 Å². The molecule has 0 saturated heterocycles. The second-order valence-electron chi connectivity index (χ2n) is 5.65. The summed E-state index contributed by atoms with van der Waals surface area (Å²) in [5.74, 6) is -0.861. The van der Waals surface area contributed by atoms with Crippen LogP contribution in [0.4, 0.5) is 0 Å². The highest BCUT2D eigenvalue weighted by Crippen LogP contribution is 2.05. The number of hydrogen-bond acceptors (Lipinski definition) is 4. The number of amides is 1. The van der Waals surface area contributed by atoms with Gasteiger partial charge in [-0.25, -0.2) is 0 Å². The molecule has 3 aromatic rings. The summed E-state index contributed by atoms with van der Waals surface area (Å²) in [7, 11) is 0. The van der Waals surface area contributed by atoms with Crippen molar-refractivity contribution in [3.8, 4) is 11.8 Å². The molecule has 5 nitrogen and oxygen atoms in total. The second kappa shape index (κ2) is 7.21. The number of primary amides is 1. The highest BCUT2D eigenvalue weighted by atomic mass is 32.1. The van der Waals surface area contributed by atoms with Crippen molar-refractivity contribution in [1.82, 2.24) is 4.57 Å². The van der Waals surface area contributed by atoms with Crippen molar-refractivity contribution >= 4 is 28.9 Å². The van der Waals surface area contributed by atoms with Crippen LogP contribution < -0.4 is 20.5 Å². The van der Waals surface area contributed by atoms with Crippen molar-refractivity contribution in [2.75, 3.05) is 0 Å². The van der Waals surface area contributed by atoms with Gasteiger partial charge in [-0.15, -0.1) is 11.3 Å². The summed E-state index contributed by atoms with van der Waals surface area (Å²) in [6, 6.07) is 18.4. The van der Waals surface area contributed by atoms with E-state index in [0.29, 0.717) is 10.2 Å². The van der Waals surface area contributed by atoms with Gasteiger partial charge in [0.25, 0.3) is 11.5 Å². The zero-order chi connectivity index (χ0) is 18.7. The zero-order valence-corrected chi connectivity index (χ0v) is 14.8. The monoisotopic (exact) mass is 361 g/mol. The normalized spacial score (nSPS) is 12.5. The Hall–Kier alpha value is -3.43. The zero-order valence-electron chi connectivity index (χ0n) is 14.0. The molecule has 2 N–H and O–H groups in total. The lowest BCUT2D eigenvalue weighted by Gasteiger charge is -2.01. The molecule has 128 valence electrons. The Morgan fingerprint density at radius 2 is 1.81 bits per heavy atom. The summed E-state index contributed by atoms with van der Waals surface area (Å²) < 4.78 is 2.00. The van der Waals surface area contributed by atoms with E-state index in [1.165, 1.54) is 4.57 Å². The van der Waals surface area contributed by atoms with Gasteiger partial charge < -0.3 is 5.73 Å². The van der Waals surface area contributed by atoms with E-state index in [1.54, 1.807) is 30.3 Å². The van der Waals surface area contributed by atoms with Crippen molar-refractivity contribution in [2.45, 2.75) is 6.92 Å². The molecule has 2 aromatic carbocycles. The lowest BCUT2D eigenvalue weighted by Crippen LogP contribution is -2.32. The maximum atomic E-state index is 13.0. The highest BCUT2D eigenvalue weighted by molar-refractivity contribution is 7.07. The fourth-order valence-electron chi connectivity index (χ4n) is 2.48. The number of rotatable bonds is 3. The number of carbonyl (C=O) groups is 1. The van der Waals surface area contributed by atoms with Gasteiger partial charge in [0.15, 0.2) is 5.57 Å². The van der Waals surface area contributed by atoms with Crippen LogP contribution in [-0.2, 0) is 4.79 Å². The predicted molar refractivity (Wildman–Crippen MR) is 102 cm³/mol. The average Bonchev–Trinajstić information content (AvgIpc) is 2.94. The van der Waals surface area contributed by atoms with Gasteiger partial charge in [0, 0.05) is 0 Å². The van der Waals surface area contributed by atoms with Gasteiger partial charge in [-0.2, -0.15) is 5.26 Å². The summed E-state index contributed by atoms with van der Waals surface area (Å²) in [6.45, 7) is 1.98. The summed E-state index contributed by atoms with van der Waals surface area (Å²) >= 11 is 1.08. The van der Waals surface area contributed by atoms with Gasteiger partial charge in [-0.1, -0.05) is 48.0 Å². The molecule has 0 spiro atoms. The van der Waals surface area contributed by atoms with E-state index in [0.717, 1.165) is 22.5 Å². The number of nitrogens with two attached hydrogens (primary N) is 1. The van der Waals surface area contributed by atoms with E-state index >= 15 is 0 Å². The minimum atomic E-state index is -0.861. The van der Waals surface area contributed by atoms with Crippen molar-refractivity contribution < 1.29 is 4.79 Å². The number of aryl methyl sites for hydroxylation is 1. The highest BCUT2D eigenvalue weighted by Gasteiger charge is 2.14. The molecule has 1 aromatic heterocycles. The minimum Gasteiger partial charge on any atom is -0.365 e. The Bertz CT molecular complexity index is 1180. The van der Waals surface area contributed by atoms with Gasteiger partial charge in [0.2, 0.25) is 0 Å². The molecule has 0 aliphatic heterocycles. The van der Waals surface area contributed by atoms with E-state index in [9.17, 15) is 14.9 Å². The average molecular weight is 361 g/mol. The fraction of sp³-hybridized carbons (Fsp3) is 0.0500. The fourth-order valence-corrected chi connectivity index (χ4v) is 3.59. The summed E-state index contributed by atoms with van der Waals surface area (Å²) in [5, 5.41) is 9.33. The summed E-state index contributed by atoms with van der Waals surface area (Å²) in [6.07, 6.45) is 1.74. The first-order chi connectivity index (χ1) is 12.5. The largest absolute Gasteiger partial charge is 0.365 e. The number of hydrogen-bond donors (Lipinski definition) is 1. The van der Waals surface area contributed by atoms with E-state index in [2.05, 4.69) is 0 Å². The minimum absolute atomic E-state index is 0.231. The third-order valence-electron chi connectivity index (χ3n) is 3.79. The molecule has 0 unspecified atom stereocenters. The standard InChI is InChI=1S/C20H15N3O2S/c1-13-7-9-14(10-8-13)11-17-19(25)23(15-5-3-2-4-6-15)20(26-17)16(12-21)18(22)24/h2-11H,1H3,(H2,22,24)/b17-11+,20-16-. The van der Waals surface area contributed by atoms with Gasteiger partial charge >= 0.3 is 0 Å². The van der Waals surface area contributed by atoms with Crippen LogP contribution in [0.25, 0.3) is 17.3 Å². The van der Waals surface area contributed by atoms with Gasteiger partial charge in [-0.05, 0) is 30.7 Å². The second-order valence-corrected chi connectivity index (χ2v) is 6.68. The summed E-state index contributed by atoms with van der Waals surface area (Å²) in [4.78, 5) is 24.6. The number of nitriles is 1. The number of benzene rings is 2. The number of carbonyl (C=O) groups excluding carboxylic acids is 1. The van der Waals surface area contributed by atoms with Gasteiger partial charge in [0.05, 0.1) is 10.2 Å². The topological polar surface area (TPSA) is 88.9 Å². The lowest BCUT2D eigenvalue weighted by molar-refractivity contribution is -0.112. The first kappa shape index (κ1) is 17.4. The van der Waals surface area contributed by atoms with Crippen LogP contribution in [0.15, 0.2) is 59.4 Å². The molecule has 0 aliphatic carbocycles. The molecule has 0 aliphatic rings. The van der Waals surface area contributed by atoms with Gasteiger partial charge in [0.1, 0.15) is 10.7 Å². The number of para-hydroxylation sites is 1. The number of thiazole rings is 1. The predicted octanol–water partition coefficient (Wildman–Crippen LogP) is 1.20. The third-order valence-corrected chi connectivity index (χ3v) is 4.88. The van der Waals surface area contributed by atoms with Crippen molar-refractivity contribution in [2.24, 2.45) is 5.73 Å². The van der Waals surface area contributed by atoms with Crippen LogP contribution in [0.5, 0.6) is 0 Å².